The topological polar surface area (TPSA) is 26.3 Å². The Labute approximate surface area is 80.3 Å². The molecule has 0 saturated carbocycles. The number of carbonyl (C=O) groups excluding carboxylic acids is 1. The Morgan fingerprint density at radius 1 is 1.38 bits per heavy atom. The first-order chi connectivity index (χ1) is 6.31. The molecule has 0 aromatic carbocycles. The van der Waals surface area contributed by atoms with Gasteiger partial charge in [-0.15, -0.1) is 0 Å². The van der Waals surface area contributed by atoms with Crippen LogP contribution < -0.4 is 0 Å². The van der Waals surface area contributed by atoms with Gasteiger partial charge in [0.15, 0.2) is 0 Å². The van der Waals surface area contributed by atoms with Crippen LogP contribution >= 0.6 is 0 Å². The summed E-state index contributed by atoms with van der Waals surface area (Å²) in [6, 6.07) is 0. The standard InChI is InChI=1S/C11H18O2/c1-3-5-6-7-8-9-10-11(12)13-4-2/h4,9-10H,2-3,5-8H2,1H3/b10-9+. The molecule has 0 aliphatic rings. The van der Waals surface area contributed by atoms with Crippen molar-refractivity contribution in [3.05, 3.63) is 25.0 Å². The van der Waals surface area contributed by atoms with E-state index in [-0.39, 0.29) is 5.97 Å². The molecule has 0 aliphatic carbocycles. The van der Waals surface area contributed by atoms with Gasteiger partial charge in [0.05, 0.1) is 6.26 Å². The molecule has 0 saturated heterocycles. The highest BCUT2D eigenvalue weighted by Crippen LogP contribution is 2.02. The maximum Gasteiger partial charge on any atom is 0.335 e. The van der Waals surface area contributed by atoms with Crippen molar-refractivity contribution in [1.82, 2.24) is 0 Å². The van der Waals surface area contributed by atoms with Crippen LogP contribution in [0.15, 0.2) is 25.0 Å². The van der Waals surface area contributed by atoms with Gasteiger partial charge >= 0.3 is 5.97 Å². The van der Waals surface area contributed by atoms with Crippen molar-refractivity contribution < 1.29 is 9.53 Å². The van der Waals surface area contributed by atoms with Crippen LogP contribution in [0.2, 0.25) is 0 Å². The minimum Gasteiger partial charge on any atom is -0.432 e. The fourth-order valence-electron chi connectivity index (χ4n) is 0.990. The van der Waals surface area contributed by atoms with Crippen LogP contribution in [0.3, 0.4) is 0 Å². The number of unbranched alkanes of at least 4 members (excludes halogenated alkanes) is 4. The van der Waals surface area contributed by atoms with E-state index >= 15 is 0 Å². The number of ether oxygens (including phenoxy) is 1. The molecule has 0 heterocycles. The molecule has 0 bridgehead atoms. The van der Waals surface area contributed by atoms with E-state index in [1.165, 1.54) is 25.3 Å². The minimum absolute atomic E-state index is 0.342. The fourth-order valence-corrected chi connectivity index (χ4v) is 0.990. The second-order valence-electron chi connectivity index (χ2n) is 2.86. The predicted molar refractivity (Wildman–Crippen MR) is 54.2 cm³/mol. The Hall–Kier alpha value is -1.05. The average Bonchev–Trinajstić information content (AvgIpc) is 2.11. The monoisotopic (exact) mass is 182 g/mol. The number of carbonyl (C=O) groups is 1. The van der Waals surface area contributed by atoms with E-state index in [2.05, 4.69) is 18.2 Å². The SMILES string of the molecule is C=COC(=O)/C=C/CCCCCC. The normalized spacial score (nSPS) is 10.2. The lowest BCUT2D eigenvalue weighted by atomic mass is 10.1. The van der Waals surface area contributed by atoms with Gasteiger partial charge in [0.1, 0.15) is 0 Å². The quantitative estimate of drug-likeness (QED) is 0.261. The van der Waals surface area contributed by atoms with Crippen molar-refractivity contribution in [2.24, 2.45) is 0 Å². The Morgan fingerprint density at radius 2 is 2.15 bits per heavy atom. The molecule has 0 radical (unpaired) electrons. The second kappa shape index (κ2) is 9.04. The maximum atomic E-state index is 10.8. The first kappa shape index (κ1) is 11.9. The molecule has 0 aliphatic heterocycles. The molecule has 0 aromatic heterocycles. The molecule has 0 unspecified atom stereocenters. The van der Waals surface area contributed by atoms with Gasteiger partial charge in [-0.1, -0.05) is 38.8 Å². The Balaban J connectivity index is 3.30. The molecule has 0 atom stereocenters. The van der Waals surface area contributed by atoms with Crippen molar-refractivity contribution >= 4 is 5.97 Å². The van der Waals surface area contributed by atoms with Gasteiger partial charge in [-0.05, 0) is 12.8 Å². The number of esters is 1. The van der Waals surface area contributed by atoms with Gasteiger partial charge < -0.3 is 4.74 Å². The third-order valence-electron chi connectivity index (χ3n) is 1.68. The van der Waals surface area contributed by atoms with Gasteiger partial charge in [-0.3, -0.25) is 0 Å². The molecule has 0 fully saturated rings. The van der Waals surface area contributed by atoms with Gasteiger partial charge in [0.2, 0.25) is 0 Å². The lowest BCUT2D eigenvalue weighted by Gasteiger charge is -1.94. The summed E-state index contributed by atoms with van der Waals surface area (Å²) in [6.07, 6.45) is 10.3. The molecule has 0 amide bonds. The van der Waals surface area contributed by atoms with Crippen LogP contribution in [-0.4, -0.2) is 5.97 Å². The molecule has 2 nitrogen and oxygen atoms in total. The van der Waals surface area contributed by atoms with Crippen LogP contribution in [-0.2, 0) is 9.53 Å². The van der Waals surface area contributed by atoms with Crippen molar-refractivity contribution in [3.8, 4) is 0 Å². The van der Waals surface area contributed by atoms with E-state index in [9.17, 15) is 4.79 Å². The summed E-state index contributed by atoms with van der Waals surface area (Å²) < 4.78 is 4.51. The lowest BCUT2D eigenvalue weighted by molar-refractivity contribution is -0.132. The van der Waals surface area contributed by atoms with Crippen molar-refractivity contribution in [2.45, 2.75) is 39.0 Å². The minimum atomic E-state index is -0.342. The van der Waals surface area contributed by atoms with Crippen molar-refractivity contribution in [2.75, 3.05) is 0 Å². The molecule has 0 rings (SSSR count). The van der Waals surface area contributed by atoms with Crippen LogP contribution in [0.1, 0.15) is 39.0 Å². The number of rotatable bonds is 7. The van der Waals surface area contributed by atoms with Crippen LogP contribution in [0.5, 0.6) is 0 Å². The first-order valence-corrected chi connectivity index (χ1v) is 4.79. The number of hydrogen-bond acceptors (Lipinski definition) is 2. The summed E-state index contributed by atoms with van der Waals surface area (Å²) >= 11 is 0. The third-order valence-corrected chi connectivity index (χ3v) is 1.68. The second-order valence-corrected chi connectivity index (χ2v) is 2.86. The lowest BCUT2D eigenvalue weighted by Crippen LogP contribution is -1.92. The number of allylic oxidation sites excluding steroid dienone is 1. The zero-order valence-corrected chi connectivity index (χ0v) is 8.29. The summed E-state index contributed by atoms with van der Waals surface area (Å²) in [5.74, 6) is -0.342. The summed E-state index contributed by atoms with van der Waals surface area (Å²) in [5.41, 5.74) is 0. The zero-order valence-electron chi connectivity index (χ0n) is 8.29. The van der Waals surface area contributed by atoms with E-state index in [4.69, 9.17) is 0 Å². The van der Waals surface area contributed by atoms with E-state index in [0.29, 0.717) is 0 Å². The van der Waals surface area contributed by atoms with Gasteiger partial charge in [-0.25, -0.2) is 4.79 Å². The Morgan fingerprint density at radius 3 is 2.77 bits per heavy atom. The smallest absolute Gasteiger partial charge is 0.335 e. The molecule has 0 aromatic rings. The molecule has 0 spiro atoms. The molecule has 13 heavy (non-hydrogen) atoms. The highest BCUT2D eigenvalue weighted by molar-refractivity contribution is 5.82. The molecule has 0 N–H and O–H groups in total. The molecular formula is C11H18O2. The molecule has 74 valence electrons. The first-order valence-electron chi connectivity index (χ1n) is 4.79. The van der Waals surface area contributed by atoms with Crippen molar-refractivity contribution in [1.29, 1.82) is 0 Å². The largest absolute Gasteiger partial charge is 0.432 e. The molecular weight excluding hydrogens is 164 g/mol. The Kier molecular flexibility index (Phi) is 8.31. The van der Waals surface area contributed by atoms with Gasteiger partial charge in [0.25, 0.3) is 0 Å². The zero-order chi connectivity index (χ0) is 9.94. The van der Waals surface area contributed by atoms with Crippen LogP contribution in [0.4, 0.5) is 0 Å². The third kappa shape index (κ3) is 8.86. The van der Waals surface area contributed by atoms with E-state index in [0.717, 1.165) is 19.1 Å². The van der Waals surface area contributed by atoms with Gasteiger partial charge in [-0.2, -0.15) is 0 Å². The summed E-state index contributed by atoms with van der Waals surface area (Å²) in [5, 5.41) is 0. The fraction of sp³-hybridized carbons (Fsp3) is 0.545. The maximum absolute atomic E-state index is 10.8. The predicted octanol–water partition coefficient (Wildman–Crippen LogP) is 3.20. The highest BCUT2D eigenvalue weighted by Gasteiger charge is 1.90. The van der Waals surface area contributed by atoms with Gasteiger partial charge in [0, 0.05) is 6.08 Å². The van der Waals surface area contributed by atoms with E-state index < -0.39 is 0 Å². The molecule has 2 heteroatoms. The average molecular weight is 182 g/mol. The van der Waals surface area contributed by atoms with E-state index in [1.54, 1.807) is 0 Å². The van der Waals surface area contributed by atoms with Crippen LogP contribution in [0.25, 0.3) is 0 Å². The summed E-state index contributed by atoms with van der Waals surface area (Å²) in [6.45, 7) is 5.47. The van der Waals surface area contributed by atoms with Crippen LogP contribution in [0, 0.1) is 0 Å². The number of hydrogen-bond donors (Lipinski definition) is 0. The Bertz CT molecular complexity index is 171. The summed E-state index contributed by atoms with van der Waals surface area (Å²) in [7, 11) is 0. The van der Waals surface area contributed by atoms with E-state index in [1.807, 2.05) is 6.08 Å². The summed E-state index contributed by atoms with van der Waals surface area (Å²) in [4.78, 5) is 10.8. The highest BCUT2D eigenvalue weighted by atomic mass is 16.5. The van der Waals surface area contributed by atoms with Crippen molar-refractivity contribution in [3.63, 3.8) is 0 Å².